The van der Waals surface area contributed by atoms with Crippen LogP contribution >= 0.6 is 0 Å². The normalized spacial score (nSPS) is 12.1. The smallest absolute Gasteiger partial charge is 0.282 e. The summed E-state index contributed by atoms with van der Waals surface area (Å²) in [7, 11) is -8.71. The number of hydrogen-bond acceptors (Lipinski definition) is 4. The third kappa shape index (κ3) is 3.88. The summed E-state index contributed by atoms with van der Waals surface area (Å²) in [5, 5.41) is 0.857. The molecule has 98 valence electrons. The zero-order chi connectivity index (χ0) is 13.6. The summed E-state index contributed by atoms with van der Waals surface area (Å²) in [6, 6.07) is 7.49. The van der Waals surface area contributed by atoms with Crippen LogP contribution in [-0.4, -0.2) is 63.7 Å². The van der Waals surface area contributed by atoms with Gasteiger partial charge in [-0.05, 0) is 35.0 Å². The van der Waals surface area contributed by atoms with E-state index in [-0.39, 0.29) is 52.9 Å². The van der Waals surface area contributed by atoms with E-state index >= 15 is 0 Å². The first-order valence-corrected chi connectivity index (χ1v) is 7.55. The van der Waals surface area contributed by atoms with Crippen LogP contribution < -0.4 is 0 Å². The molecular weight excluding hydrogens is 320 g/mol. The van der Waals surface area contributed by atoms with Crippen molar-refractivity contribution < 1.29 is 25.9 Å². The predicted molar refractivity (Wildman–Crippen MR) is 69.3 cm³/mol. The van der Waals surface area contributed by atoms with E-state index < -0.39 is 20.2 Å². The Hall–Kier alpha value is -0.220. The Labute approximate surface area is 139 Å². The van der Waals surface area contributed by atoms with E-state index in [1.165, 1.54) is 24.3 Å². The molecule has 0 saturated heterocycles. The minimum absolute atomic E-state index is 0. The molecule has 0 spiro atoms. The second-order valence-electron chi connectivity index (χ2n) is 3.62. The van der Waals surface area contributed by atoms with E-state index in [0.29, 0.717) is 5.39 Å². The van der Waals surface area contributed by atoms with Crippen LogP contribution in [0.1, 0.15) is 0 Å². The van der Waals surface area contributed by atoms with Crippen LogP contribution in [-0.2, 0) is 20.2 Å². The Balaban J connectivity index is 0.00000180. The number of rotatable bonds is 2. The maximum atomic E-state index is 10.9. The van der Waals surface area contributed by atoms with Crippen molar-refractivity contribution in [2.24, 2.45) is 0 Å². The minimum atomic E-state index is -4.35. The van der Waals surface area contributed by atoms with Crippen molar-refractivity contribution in [3.8, 4) is 0 Å². The van der Waals surface area contributed by atoms with Crippen LogP contribution in [0.2, 0.25) is 0 Å². The molecule has 0 heterocycles. The molecule has 0 amide bonds. The summed E-state index contributed by atoms with van der Waals surface area (Å²) in [6.07, 6.45) is 0. The Morgan fingerprint density at radius 3 is 1.37 bits per heavy atom. The fraction of sp³-hybridized carbons (Fsp3) is 0. The molecule has 0 atom stereocenters. The van der Waals surface area contributed by atoms with Gasteiger partial charge in [-0.3, -0.25) is 9.11 Å². The van der Waals surface area contributed by atoms with Gasteiger partial charge < -0.3 is 0 Å². The average Bonchev–Trinajstić information content (AvgIpc) is 2.25. The molecule has 0 aliphatic rings. The van der Waals surface area contributed by atoms with Gasteiger partial charge in [-0.1, -0.05) is 12.1 Å². The number of fused-ring (bicyclic) bond motifs is 1. The maximum Gasteiger partial charge on any atom is 0.294 e. The molecule has 0 aromatic heterocycles. The molecule has 0 bridgehead atoms. The van der Waals surface area contributed by atoms with Gasteiger partial charge in [0.2, 0.25) is 0 Å². The molecule has 9 heteroatoms. The molecule has 6 nitrogen and oxygen atoms in total. The Morgan fingerprint density at radius 1 is 0.684 bits per heavy atom. The van der Waals surface area contributed by atoms with Gasteiger partial charge in [-0.2, -0.15) is 16.8 Å². The molecule has 0 aliphatic carbocycles. The third-order valence-corrected chi connectivity index (χ3v) is 4.08. The zero-order valence-electron chi connectivity index (χ0n) is 9.52. The molecule has 0 unspecified atom stereocenters. The van der Waals surface area contributed by atoms with Crippen molar-refractivity contribution >= 4 is 68.7 Å². The van der Waals surface area contributed by atoms with Crippen molar-refractivity contribution in [2.45, 2.75) is 9.79 Å². The van der Waals surface area contributed by atoms with Gasteiger partial charge in [0.15, 0.2) is 0 Å². The summed E-state index contributed by atoms with van der Waals surface area (Å²) < 4.78 is 61.5. The maximum absolute atomic E-state index is 10.9. The molecule has 0 fully saturated rings. The standard InChI is InChI=1S/C10H8O6S2.Ca/c11-17(12,13)9-3-1-7-2-4-10(18(14,15)16)6-8(7)5-9;/h1-6H,(H,11,12,13)(H,14,15,16);. The first kappa shape index (κ1) is 16.8. The van der Waals surface area contributed by atoms with Crippen molar-refractivity contribution in [3.63, 3.8) is 0 Å². The minimum Gasteiger partial charge on any atom is -0.282 e. The van der Waals surface area contributed by atoms with Crippen LogP contribution in [0, 0.1) is 0 Å². The summed E-state index contributed by atoms with van der Waals surface area (Å²) in [5.41, 5.74) is 0. The molecule has 2 radical (unpaired) electrons. The zero-order valence-corrected chi connectivity index (χ0v) is 13.4. The van der Waals surface area contributed by atoms with Gasteiger partial charge in [-0.25, -0.2) is 0 Å². The fourth-order valence-electron chi connectivity index (χ4n) is 1.52. The van der Waals surface area contributed by atoms with E-state index in [0.717, 1.165) is 12.1 Å². The first-order chi connectivity index (χ1) is 8.18. The van der Waals surface area contributed by atoms with Crippen LogP contribution in [0.4, 0.5) is 0 Å². The monoisotopic (exact) mass is 328 g/mol. The van der Waals surface area contributed by atoms with Gasteiger partial charge in [0.1, 0.15) is 0 Å². The van der Waals surface area contributed by atoms with Gasteiger partial charge >= 0.3 is 0 Å². The van der Waals surface area contributed by atoms with Crippen LogP contribution in [0.3, 0.4) is 0 Å². The van der Waals surface area contributed by atoms with Gasteiger partial charge in [0.25, 0.3) is 20.2 Å². The van der Waals surface area contributed by atoms with Gasteiger partial charge in [0, 0.05) is 37.7 Å². The summed E-state index contributed by atoms with van der Waals surface area (Å²) in [5.74, 6) is 0. The Bertz CT molecular complexity index is 759. The second kappa shape index (κ2) is 5.64. The number of hydrogen-bond donors (Lipinski definition) is 2. The largest absolute Gasteiger partial charge is 0.294 e. The summed E-state index contributed by atoms with van der Waals surface area (Å²) in [6.45, 7) is 0. The summed E-state index contributed by atoms with van der Waals surface area (Å²) in [4.78, 5) is -0.690. The first-order valence-electron chi connectivity index (χ1n) is 4.67. The van der Waals surface area contributed by atoms with Crippen molar-refractivity contribution in [2.75, 3.05) is 0 Å². The summed E-state index contributed by atoms with van der Waals surface area (Å²) >= 11 is 0. The van der Waals surface area contributed by atoms with E-state index in [1.54, 1.807) is 0 Å². The van der Waals surface area contributed by atoms with Gasteiger partial charge in [-0.15, -0.1) is 0 Å². The molecule has 0 aliphatic heterocycles. The fourth-order valence-corrected chi connectivity index (χ4v) is 2.56. The van der Waals surface area contributed by atoms with Crippen LogP contribution in [0.15, 0.2) is 46.2 Å². The van der Waals surface area contributed by atoms with E-state index in [2.05, 4.69) is 0 Å². The SMILES string of the molecule is O=S(=O)(O)c1ccc2ccc(S(=O)(=O)O)cc2c1.[Ca]. The molecular formula is C10H8CaO6S2. The quantitative estimate of drug-likeness (QED) is 0.627. The van der Waals surface area contributed by atoms with Crippen molar-refractivity contribution in [1.29, 1.82) is 0 Å². The molecule has 19 heavy (non-hydrogen) atoms. The third-order valence-electron chi connectivity index (χ3n) is 2.38. The van der Waals surface area contributed by atoms with Crippen molar-refractivity contribution in [1.82, 2.24) is 0 Å². The van der Waals surface area contributed by atoms with Crippen molar-refractivity contribution in [3.05, 3.63) is 36.4 Å². The predicted octanol–water partition coefficient (Wildman–Crippen LogP) is 0.952. The van der Waals surface area contributed by atoms with E-state index in [9.17, 15) is 16.8 Å². The Kier molecular flexibility index (Phi) is 5.00. The average molecular weight is 328 g/mol. The molecule has 2 aromatic carbocycles. The molecule has 0 saturated carbocycles. The van der Waals surface area contributed by atoms with Gasteiger partial charge in [0.05, 0.1) is 9.79 Å². The molecule has 2 rings (SSSR count). The second-order valence-corrected chi connectivity index (χ2v) is 6.46. The topological polar surface area (TPSA) is 109 Å². The molecule has 2 aromatic rings. The number of benzene rings is 2. The van der Waals surface area contributed by atoms with Crippen LogP contribution in [0.25, 0.3) is 10.8 Å². The van der Waals surface area contributed by atoms with E-state index in [1.807, 2.05) is 0 Å². The molecule has 2 N–H and O–H groups in total. The Morgan fingerprint density at radius 2 is 1.05 bits per heavy atom. The van der Waals surface area contributed by atoms with Crippen LogP contribution in [0.5, 0.6) is 0 Å². The van der Waals surface area contributed by atoms with E-state index in [4.69, 9.17) is 9.11 Å².